The highest BCUT2D eigenvalue weighted by Crippen LogP contribution is 2.15. The highest BCUT2D eigenvalue weighted by Gasteiger charge is 2.40. The number of aliphatic carboxylic acids is 2. The molecule has 102 valence electrons. The molecule has 0 aromatic rings. The van der Waals surface area contributed by atoms with Crippen molar-refractivity contribution in [3.63, 3.8) is 0 Å². The van der Waals surface area contributed by atoms with Crippen LogP contribution in [0.15, 0.2) is 12.2 Å². The first-order valence-electron chi connectivity index (χ1n) is 5.40. The molecule has 1 atom stereocenters. The second-order valence-corrected chi connectivity index (χ2v) is 4.82. The molecule has 0 bridgehead atoms. The Balaban J connectivity index is 4.65. The van der Waals surface area contributed by atoms with Crippen molar-refractivity contribution >= 4 is 29.5 Å². The second-order valence-electron chi connectivity index (χ2n) is 3.72. The van der Waals surface area contributed by atoms with Crippen LogP contribution in [0.1, 0.15) is 19.8 Å². The lowest BCUT2D eigenvalue weighted by Crippen LogP contribution is -2.56. The summed E-state index contributed by atoms with van der Waals surface area (Å²) in [7, 11) is 0. The van der Waals surface area contributed by atoms with Crippen molar-refractivity contribution in [2.75, 3.05) is 11.5 Å². The number of nitrogens with two attached hydrogens (primary N) is 1. The van der Waals surface area contributed by atoms with Gasteiger partial charge in [-0.25, -0.2) is 9.59 Å². The highest BCUT2D eigenvalue weighted by atomic mass is 32.2. The van der Waals surface area contributed by atoms with Crippen LogP contribution < -0.4 is 5.73 Å². The van der Waals surface area contributed by atoms with E-state index in [1.807, 2.05) is 6.92 Å². The number of carboxylic acid groups (broad SMARTS) is 2. The van der Waals surface area contributed by atoms with Gasteiger partial charge in [0.15, 0.2) is 11.3 Å². The lowest BCUT2D eigenvalue weighted by Gasteiger charge is -2.21. The minimum absolute atomic E-state index is 0.0782. The maximum absolute atomic E-state index is 11.6. The first kappa shape index (κ1) is 16.7. The zero-order valence-corrected chi connectivity index (χ0v) is 10.9. The number of unbranched alkanes of at least 4 members (excludes halogenated alkanes) is 1. The van der Waals surface area contributed by atoms with E-state index >= 15 is 0 Å². The number of hydrogen-bond donors (Lipinski definition) is 3. The molecule has 0 radical (unpaired) electrons. The molecular weight excluding hydrogens is 258 g/mol. The van der Waals surface area contributed by atoms with E-state index in [0.29, 0.717) is 17.9 Å². The zero-order valence-electron chi connectivity index (χ0n) is 10.1. The van der Waals surface area contributed by atoms with Crippen LogP contribution in [0.4, 0.5) is 0 Å². The molecule has 6 nitrogen and oxygen atoms in total. The summed E-state index contributed by atoms with van der Waals surface area (Å²) in [5, 5.41) is 17.4. The Morgan fingerprint density at radius 1 is 1.28 bits per heavy atom. The summed E-state index contributed by atoms with van der Waals surface area (Å²) in [4.78, 5) is 32.9. The van der Waals surface area contributed by atoms with E-state index in [4.69, 9.17) is 15.9 Å². The van der Waals surface area contributed by atoms with E-state index in [-0.39, 0.29) is 5.75 Å². The van der Waals surface area contributed by atoms with Crippen LogP contribution in [0.25, 0.3) is 0 Å². The standard InChI is InChI=1S/C11H17NO5S/c1-2-3-6-18-7-11(12,10(16)17)8(13)4-5-9(14)15/h4-5H,2-3,6-7,12H2,1H3,(H,14,15)(H,16,17). The first-order chi connectivity index (χ1) is 8.34. The Kier molecular flexibility index (Phi) is 7.30. The van der Waals surface area contributed by atoms with Gasteiger partial charge in [0.1, 0.15) is 0 Å². The average Bonchev–Trinajstić information content (AvgIpc) is 2.30. The Bertz CT molecular complexity index is 355. The van der Waals surface area contributed by atoms with Crippen molar-refractivity contribution in [1.29, 1.82) is 0 Å². The third-order valence-electron chi connectivity index (χ3n) is 2.17. The molecule has 0 saturated heterocycles. The summed E-state index contributed by atoms with van der Waals surface area (Å²) in [6.07, 6.45) is 3.14. The van der Waals surface area contributed by atoms with Gasteiger partial charge in [-0.1, -0.05) is 13.3 Å². The average molecular weight is 275 g/mol. The molecular formula is C11H17NO5S. The third-order valence-corrected chi connectivity index (χ3v) is 3.41. The molecule has 0 aliphatic carbocycles. The quantitative estimate of drug-likeness (QED) is 0.319. The van der Waals surface area contributed by atoms with Gasteiger partial charge in [-0.15, -0.1) is 0 Å². The predicted molar refractivity (Wildman–Crippen MR) is 68.6 cm³/mol. The number of carbonyl (C=O) groups excluding carboxylic acids is 1. The van der Waals surface area contributed by atoms with Crippen LogP contribution in [-0.4, -0.2) is 45.0 Å². The molecule has 0 aromatic heterocycles. The van der Waals surface area contributed by atoms with E-state index in [1.165, 1.54) is 11.8 Å². The Morgan fingerprint density at radius 3 is 2.33 bits per heavy atom. The predicted octanol–water partition coefficient (Wildman–Crippen LogP) is 0.512. The van der Waals surface area contributed by atoms with Gasteiger partial charge in [0.05, 0.1) is 0 Å². The van der Waals surface area contributed by atoms with Crippen molar-refractivity contribution in [2.45, 2.75) is 25.3 Å². The van der Waals surface area contributed by atoms with Crippen molar-refractivity contribution in [2.24, 2.45) is 5.73 Å². The molecule has 0 spiro atoms. The zero-order chi connectivity index (χ0) is 14.2. The normalized spacial score (nSPS) is 14.3. The van der Waals surface area contributed by atoms with Crippen LogP contribution in [-0.2, 0) is 14.4 Å². The topological polar surface area (TPSA) is 118 Å². The van der Waals surface area contributed by atoms with Crippen LogP contribution in [0, 0.1) is 0 Å². The summed E-state index contributed by atoms with van der Waals surface area (Å²) in [6, 6.07) is 0. The smallest absolute Gasteiger partial charge is 0.332 e. The third kappa shape index (κ3) is 5.33. The van der Waals surface area contributed by atoms with Crippen LogP contribution in [0.2, 0.25) is 0 Å². The van der Waals surface area contributed by atoms with E-state index in [9.17, 15) is 14.4 Å². The SMILES string of the molecule is CCCCSCC(N)(C(=O)O)C(=O)C=CC(=O)O. The summed E-state index contributed by atoms with van der Waals surface area (Å²) in [5.74, 6) is -3.06. The molecule has 0 aromatic carbocycles. The van der Waals surface area contributed by atoms with Gasteiger partial charge < -0.3 is 15.9 Å². The number of ketones is 1. The largest absolute Gasteiger partial charge is 0.480 e. The summed E-state index contributed by atoms with van der Waals surface area (Å²) in [5.41, 5.74) is 3.47. The molecule has 0 aliphatic heterocycles. The fraction of sp³-hybridized carbons (Fsp3) is 0.545. The van der Waals surface area contributed by atoms with E-state index < -0.39 is 23.3 Å². The van der Waals surface area contributed by atoms with Crippen molar-refractivity contribution < 1.29 is 24.6 Å². The number of carbonyl (C=O) groups is 3. The van der Waals surface area contributed by atoms with Gasteiger partial charge >= 0.3 is 11.9 Å². The van der Waals surface area contributed by atoms with Gasteiger partial charge in [0.2, 0.25) is 0 Å². The van der Waals surface area contributed by atoms with Crippen molar-refractivity contribution in [1.82, 2.24) is 0 Å². The highest BCUT2D eigenvalue weighted by molar-refractivity contribution is 7.99. The number of thioether (sulfide) groups is 1. The fourth-order valence-electron chi connectivity index (χ4n) is 1.01. The van der Waals surface area contributed by atoms with Gasteiger partial charge in [-0.2, -0.15) is 11.8 Å². The Morgan fingerprint density at radius 2 is 1.89 bits per heavy atom. The minimum atomic E-state index is -2.07. The second kappa shape index (κ2) is 7.88. The van der Waals surface area contributed by atoms with Gasteiger partial charge in [0.25, 0.3) is 0 Å². The molecule has 0 fully saturated rings. The van der Waals surface area contributed by atoms with E-state index in [0.717, 1.165) is 12.8 Å². The fourth-order valence-corrected chi connectivity index (χ4v) is 2.24. The Hall–Kier alpha value is -1.34. The maximum Gasteiger partial charge on any atom is 0.332 e. The number of carboxylic acids is 2. The maximum atomic E-state index is 11.6. The van der Waals surface area contributed by atoms with Crippen molar-refractivity contribution in [3.8, 4) is 0 Å². The molecule has 7 heteroatoms. The minimum Gasteiger partial charge on any atom is -0.480 e. The molecule has 1 unspecified atom stereocenters. The molecule has 4 N–H and O–H groups in total. The molecule has 0 amide bonds. The van der Waals surface area contributed by atoms with E-state index in [1.54, 1.807) is 0 Å². The molecule has 0 aliphatic rings. The summed E-state index contributed by atoms with van der Waals surface area (Å²) < 4.78 is 0. The summed E-state index contributed by atoms with van der Waals surface area (Å²) >= 11 is 1.27. The molecule has 0 heterocycles. The van der Waals surface area contributed by atoms with Crippen LogP contribution in [0.3, 0.4) is 0 Å². The first-order valence-corrected chi connectivity index (χ1v) is 6.55. The molecule has 0 saturated carbocycles. The number of hydrogen-bond acceptors (Lipinski definition) is 5. The van der Waals surface area contributed by atoms with Crippen molar-refractivity contribution in [3.05, 3.63) is 12.2 Å². The monoisotopic (exact) mass is 275 g/mol. The number of rotatable bonds is 9. The molecule has 0 rings (SSSR count). The van der Waals surface area contributed by atoms with Crippen LogP contribution >= 0.6 is 11.8 Å². The lowest BCUT2D eigenvalue weighted by atomic mass is 9.97. The van der Waals surface area contributed by atoms with Gasteiger partial charge in [0, 0.05) is 11.8 Å². The van der Waals surface area contributed by atoms with Gasteiger partial charge in [-0.3, -0.25) is 4.79 Å². The van der Waals surface area contributed by atoms with Crippen LogP contribution in [0.5, 0.6) is 0 Å². The molecule has 18 heavy (non-hydrogen) atoms. The van der Waals surface area contributed by atoms with E-state index in [2.05, 4.69) is 0 Å². The van der Waals surface area contributed by atoms with Gasteiger partial charge in [-0.05, 0) is 18.2 Å². The Labute approximate surface area is 109 Å². The lowest BCUT2D eigenvalue weighted by molar-refractivity contribution is -0.146. The summed E-state index contributed by atoms with van der Waals surface area (Å²) in [6.45, 7) is 1.99.